The first-order chi connectivity index (χ1) is 8.59. The number of halogens is 1. The Kier molecular flexibility index (Phi) is 4.24. The van der Waals surface area contributed by atoms with Gasteiger partial charge in [0, 0.05) is 25.3 Å². The maximum atomic E-state index is 12.5. The molecule has 1 aromatic rings. The van der Waals surface area contributed by atoms with E-state index < -0.39 is 0 Å². The van der Waals surface area contributed by atoms with Crippen molar-refractivity contribution >= 4 is 27.5 Å². The highest BCUT2D eigenvalue weighted by atomic mass is 79.9. The number of carbonyl (C=O) groups excluding carboxylic acids is 1. The summed E-state index contributed by atoms with van der Waals surface area (Å²) < 4.78 is 0.701. The van der Waals surface area contributed by atoms with Crippen LogP contribution < -0.4 is 5.73 Å². The molecule has 1 saturated heterocycles. The molecule has 0 bridgehead atoms. The number of anilines is 1. The lowest BCUT2D eigenvalue weighted by molar-refractivity contribution is 0.0762. The first-order valence-electron chi connectivity index (χ1n) is 6.11. The minimum atomic E-state index is 0.0597. The zero-order chi connectivity index (χ0) is 13.1. The predicted molar refractivity (Wildman–Crippen MR) is 76.6 cm³/mol. The van der Waals surface area contributed by atoms with Crippen LogP contribution in [0, 0.1) is 0 Å². The van der Waals surface area contributed by atoms with Crippen molar-refractivity contribution in [3.05, 3.63) is 28.2 Å². The molecule has 1 amide bonds. The molecule has 1 aliphatic heterocycles. The lowest BCUT2D eigenvalue weighted by atomic mass is 10.1. The van der Waals surface area contributed by atoms with E-state index in [1.165, 1.54) is 0 Å². The number of nitrogens with zero attached hydrogens (tertiary/aromatic N) is 2. The van der Waals surface area contributed by atoms with Gasteiger partial charge in [-0.05, 0) is 48.1 Å². The summed E-state index contributed by atoms with van der Waals surface area (Å²) in [6.45, 7) is 3.55. The highest BCUT2D eigenvalue weighted by Crippen LogP contribution is 2.25. The molecule has 98 valence electrons. The van der Waals surface area contributed by atoms with Gasteiger partial charge in [0.05, 0.1) is 10.0 Å². The van der Waals surface area contributed by atoms with Crippen LogP contribution in [0.1, 0.15) is 16.8 Å². The minimum absolute atomic E-state index is 0.0597. The molecule has 1 aliphatic rings. The second-order valence-corrected chi connectivity index (χ2v) is 5.45. The van der Waals surface area contributed by atoms with Crippen molar-refractivity contribution in [2.75, 3.05) is 39.0 Å². The van der Waals surface area contributed by atoms with Crippen LogP contribution in [0.15, 0.2) is 22.7 Å². The Balaban J connectivity index is 2.18. The van der Waals surface area contributed by atoms with Crippen molar-refractivity contribution in [3.8, 4) is 0 Å². The molecule has 1 fully saturated rings. The molecule has 0 atom stereocenters. The molecule has 0 spiro atoms. The van der Waals surface area contributed by atoms with E-state index in [1.54, 1.807) is 6.07 Å². The molecule has 1 heterocycles. The highest BCUT2D eigenvalue weighted by molar-refractivity contribution is 9.10. The van der Waals surface area contributed by atoms with E-state index in [0.717, 1.165) is 32.6 Å². The zero-order valence-corrected chi connectivity index (χ0v) is 12.1. The third-order valence-electron chi connectivity index (χ3n) is 3.27. The number of benzene rings is 1. The summed E-state index contributed by atoms with van der Waals surface area (Å²) in [5, 5.41) is 0. The highest BCUT2D eigenvalue weighted by Gasteiger charge is 2.21. The van der Waals surface area contributed by atoms with Gasteiger partial charge in [-0.1, -0.05) is 6.07 Å². The van der Waals surface area contributed by atoms with Gasteiger partial charge >= 0.3 is 0 Å². The number of amides is 1. The predicted octanol–water partition coefficient (Wildman–Crippen LogP) is 1.81. The molecule has 1 aromatic carbocycles. The van der Waals surface area contributed by atoms with Crippen LogP contribution in [0.4, 0.5) is 5.69 Å². The Labute approximate surface area is 116 Å². The van der Waals surface area contributed by atoms with Crippen LogP contribution in [0.5, 0.6) is 0 Å². The number of hydrogen-bond acceptors (Lipinski definition) is 3. The minimum Gasteiger partial charge on any atom is -0.398 e. The molecule has 0 aromatic heterocycles. The first kappa shape index (κ1) is 13.4. The normalized spacial score (nSPS) is 17.6. The number of nitrogens with two attached hydrogens (primary N) is 1. The summed E-state index contributed by atoms with van der Waals surface area (Å²) in [7, 11) is 2.09. The fourth-order valence-corrected chi connectivity index (χ4v) is 2.57. The van der Waals surface area contributed by atoms with E-state index >= 15 is 0 Å². The van der Waals surface area contributed by atoms with Crippen molar-refractivity contribution in [2.24, 2.45) is 0 Å². The quantitative estimate of drug-likeness (QED) is 0.805. The van der Waals surface area contributed by atoms with E-state index in [-0.39, 0.29) is 5.91 Å². The molecule has 0 radical (unpaired) electrons. The van der Waals surface area contributed by atoms with E-state index in [9.17, 15) is 4.79 Å². The molecule has 0 unspecified atom stereocenters. The first-order valence-corrected chi connectivity index (χ1v) is 6.90. The SMILES string of the molecule is CN1CCCN(C(=O)c2cccc(N)c2Br)CC1. The Morgan fingerprint density at radius 1 is 1.28 bits per heavy atom. The molecule has 5 heteroatoms. The number of carbonyl (C=O) groups is 1. The second kappa shape index (κ2) is 5.71. The number of likely N-dealkylation sites (N-methyl/N-ethyl adjacent to an activating group) is 1. The van der Waals surface area contributed by atoms with Gasteiger partial charge in [-0.15, -0.1) is 0 Å². The maximum Gasteiger partial charge on any atom is 0.255 e. The summed E-state index contributed by atoms with van der Waals surface area (Å²) in [5.41, 5.74) is 7.07. The lowest BCUT2D eigenvalue weighted by Crippen LogP contribution is -2.34. The maximum absolute atomic E-state index is 12.5. The monoisotopic (exact) mass is 311 g/mol. The molecule has 0 aliphatic carbocycles. The van der Waals surface area contributed by atoms with Crippen LogP contribution in [0.25, 0.3) is 0 Å². The smallest absolute Gasteiger partial charge is 0.255 e. The fourth-order valence-electron chi connectivity index (χ4n) is 2.13. The standard InChI is InChI=1S/C13H18BrN3O/c1-16-6-3-7-17(9-8-16)13(18)10-4-2-5-11(15)12(10)14/h2,4-5H,3,6-9,15H2,1H3. The van der Waals surface area contributed by atoms with Crippen LogP contribution in [-0.2, 0) is 0 Å². The van der Waals surface area contributed by atoms with Gasteiger partial charge in [-0.25, -0.2) is 0 Å². The summed E-state index contributed by atoms with van der Waals surface area (Å²) >= 11 is 3.40. The largest absolute Gasteiger partial charge is 0.398 e. The molecule has 4 nitrogen and oxygen atoms in total. The summed E-state index contributed by atoms with van der Waals surface area (Å²) in [5.74, 6) is 0.0597. The number of hydrogen-bond donors (Lipinski definition) is 1. The molecule has 2 N–H and O–H groups in total. The summed E-state index contributed by atoms with van der Waals surface area (Å²) in [6, 6.07) is 5.42. The molecule has 18 heavy (non-hydrogen) atoms. The third kappa shape index (κ3) is 2.84. The average molecular weight is 312 g/mol. The van der Waals surface area contributed by atoms with Crippen LogP contribution in [0.3, 0.4) is 0 Å². The van der Waals surface area contributed by atoms with Crippen LogP contribution in [0.2, 0.25) is 0 Å². The van der Waals surface area contributed by atoms with Crippen LogP contribution in [-0.4, -0.2) is 48.9 Å². The van der Waals surface area contributed by atoms with Crippen LogP contribution >= 0.6 is 15.9 Å². The van der Waals surface area contributed by atoms with Gasteiger partial charge < -0.3 is 15.5 Å². The van der Waals surface area contributed by atoms with Gasteiger partial charge in [-0.2, -0.15) is 0 Å². The van der Waals surface area contributed by atoms with Crippen molar-refractivity contribution in [1.82, 2.24) is 9.80 Å². The summed E-state index contributed by atoms with van der Waals surface area (Å²) in [6.07, 6.45) is 1.02. The zero-order valence-electron chi connectivity index (χ0n) is 10.5. The average Bonchev–Trinajstić information content (AvgIpc) is 2.57. The van der Waals surface area contributed by atoms with Crippen molar-refractivity contribution in [2.45, 2.75) is 6.42 Å². The van der Waals surface area contributed by atoms with Crippen molar-refractivity contribution in [3.63, 3.8) is 0 Å². The van der Waals surface area contributed by atoms with E-state index in [4.69, 9.17) is 5.73 Å². The topological polar surface area (TPSA) is 49.6 Å². The van der Waals surface area contributed by atoms with Gasteiger partial charge in [0.2, 0.25) is 0 Å². The second-order valence-electron chi connectivity index (χ2n) is 4.66. The molecular weight excluding hydrogens is 294 g/mol. The van der Waals surface area contributed by atoms with Gasteiger partial charge in [-0.3, -0.25) is 4.79 Å². The molecule has 0 saturated carbocycles. The molecular formula is C13H18BrN3O. The Bertz CT molecular complexity index is 450. The van der Waals surface area contributed by atoms with E-state index in [1.807, 2.05) is 17.0 Å². The van der Waals surface area contributed by atoms with E-state index in [2.05, 4.69) is 27.9 Å². The number of nitrogen functional groups attached to an aromatic ring is 1. The Hall–Kier alpha value is -1.07. The van der Waals surface area contributed by atoms with Crippen molar-refractivity contribution in [1.29, 1.82) is 0 Å². The fraction of sp³-hybridized carbons (Fsp3) is 0.462. The summed E-state index contributed by atoms with van der Waals surface area (Å²) in [4.78, 5) is 16.6. The van der Waals surface area contributed by atoms with Crippen molar-refractivity contribution < 1.29 is 4.79 Å². The van der Waals surface area contributed by atoms with E-state index in [0.29, 0.717) is 15.7 Å². The lowest BCUT2D eigenvalue weighted by Gasteiger charge is -2.21. The Morgan fingerprint density at radius 2 is 2.06 bits per heavy atom. The molecule has 2 rings (SSSR count). The Morgan fingerprint density at radius 3 is 2.83 bits per heavy atom. The van der Waals surface area contributed by atoms with Gasteiger partial charge in [0.25, 0.3) is 5.91 Å². The number of rotatable bonds is 1. The third-order valence-corrected chi connectivity index (χ3v) is 4.15. The van der Waals surface area contributed by atoms with Gasteiger partial charge in [0.15, 0.2) is 0 Å². The van der Waals surface area contributed by atoms with Gasteiger partial charge in [0.1, 0.15) is 0 Å².